The Hall–Kier alpha value is -1.48. The number of amides is 1. The van der Waals surface area contributed by atoms with Crippen molar-refractivity contribution < 1.29 is 9.72 Å². The van der Waals surface area contributed by atoms with E-state index >= 15 is 0 Å². The number of aryl methyl sites for hydroxylation is 1. The van der Waals surface area contributed by atoms with Crippen LogP contribution in [0, 0.1) is 17.0 Å². The molecule has 6 nitrogen and oxygen atoms in total. The highest BCUT2D eigenvalue weighted by Gasteiger charge is 2.26. The van der Waals surface area contributed by atoms with Gasteiger partial charge < -0.3 is 4.90 Å². The van der Waals surface area contributed by atoms with Gasteiger partial charge in [-0.15, -0.1) is 22.7 Å². The summed E-state index contributed by atoms with van der Waals surface area (Å²) in [6.07, 6.45) is 0. The van der Waals surface area contributed by atoms with Crippen LogP contribution >= 0.6 is 34.3 Å². The molecule has 128 valence electrons. The summed E-state index contributed by atoms with van der Waals surface area (Å²) < 4.78 is 0.786. The van der Waals surface area contributed by atoms with Crippen molar-refractivity contribution in [1.82, 2.24) is 9.80 Å². The summed E-state index contributed by atoms with van der Waals surface area (Å²) in [6, 6.07) is 5.31. The van der Waals surface area contributed by atoms with Gasteiger partial charge in [0.1, 0.15) is 0 Å². The van der Waals surface area contributed by atoms with E-state index < -0.39 is 4.92 Å². The van der Waals surface area contributed by atoms with Crippen molar-refractivity contribution in [1.29, 1.82) is 0 Å². The number of carbonyl (C=O) groups excluding carboxylic acids is 1. The van der Waals surface area contributed by atoms with Crippen LogP contribution in [0.4, 0.5) is 5.69 Å². The Labute approximate surface area is 152 Å². The molecule has 1 amide bonds. The van der Waals surface area contributed by atoms with Crippen LogP contribution < -0.4 is 0 Å². The highest BCUT2D eigenvalue weighted by atomic mass is 35.5. The molecule has 2 aromatic heterocycles. The summed E-state index contributed by atoms with van der Waals surface area (Å²) >= 11 is 8.71. The highest BCUT2D eigenvalue weighted by Crippen LogP contribution is 2.29. The van der Waals surface area contributed by atoms with Gasteiger partial charge in [0.25, 0.3) is 11.6 Å². The van der Waals surface area contributed by atoms with Crippen molar-refractivity contribution in [3.63, 3.8) is 0 Å². The molecule has 1 saturated heterocycles. The Morgan fingerprint density at radius 2 is 2.00 bits per heavy atom. The number of piperazine rings is 1. The third-order valence-corrected chi connectivity index (χ3v) is 6.21. The molecule has 3 rings (SSSR count). The summed E-state index contributed by atoms with van der Waals surface area (Å²) in [5, 5.41) is 10.9. The van der Waals surface area contributed by atoms with Crippen LogP contribution in [-0.2, 0) is 6.54 Å². The van der Waals surface area contributed by atoms with E-state index in [1.807, 2.05) is 12.1 Å². The zero-order chi connectivity index (χ0) is 17.3. The molecule has 9 heteroatoms. The molecule has 1 aliphatic rings. The zero-order valence-electron chi connectivity index (χ0n) is 13.0. The van der Waals surface area contributed by atoms with Crippen molar-refractivity contribution in [2.75, 3.05) is 26.2 Å². The van der Waals surface area contributed by atoms with Gasteiger partial charge in [0.2, 0.25) is 0 Å². The van der Waals surface area contributed by atoms with Gasteiger partial charge in [-0.2, -0.15) is 0 Å². The number of nitro groups is 1. The molecule has 0 atom stereocenters. The van der Waals surface area contributed by atoms with Crippen LogP contribution in [-0.4, -0.2) is 46.8 Å². The van der Waals surface area contributed by atoms with Crippen molar-refractivity contribution >= 4 is 45.9 Å². The number of hydrogen-bond acceptors (Lipinski definition) is 6. The highest BCUT2D eigenvalue weighted by molar-refractivity contribution is 7.16. The smallest absolute Gasteiger partial charge is 0.283 e. The molecule has 1 fully saturated rings. The van der Waals surface area contributed by atoms with Crippen molar-refractivity contribution in [3.8, 4) is 0 Å². The summed E-state index contributed by atoms with van der Waals surface area (Å²) in [5.41, 5.74) is 0.0246. The predicted molar refractivity (Wildman–Crippen MR) is 96.2 cm³/mol. The van der Waals surface area contributed by atoms with Crippen LogP contribution in [0.25, 0.3) is 0 Å². The van der Waals surface area contributed by atoms with E-state index in [0.717, 1.165) is 24.0 Å². The Morgan fingerprint density at radius 3 is 2.54 bits per heavy atom. The monoisotopic (exact) mass is 385 g/mol. The maximum Gasteiger partial charge on any atom is 0.283 e. The molecular weight excluding hydrogens is 370 g/mol. The Bertz CT molecular complexity index is 766. The van der Waals surface area contributed by atoms with Gasteiger partial charge in [0.05, 0.1) is 19.0 Å². The van der Waals surface area contributed by atoms with E-state index in [1.165, 1.54) is 22.3 Å². The second-order valence-electron chi connectivity index (χ2n) is 5.58. The lowest BCUT2D eigenvalue weighted by Gasteiger charge is -2.34. The van der Waals surface area contributed by atoms with E-state index in [1.54, 1.807) is 23.2 Å². The molecule has 3 heterocycles. The lowest BCUT2D eigenvalue weighted by molar-refractivity contribution is -0.385. The zero-order valence-corrected chi connectivity index (χ0v) is 15.4. The van der Waals surface area contributed by atoms with Crippen molar-refractivity contribution in [2.24, 2.45) is 0 Å². The first-order chi connectivity index (χ1) is 11.4. The largest absolute Gasteiger partial charge is 0.335 e. The first-order valence-electron chi connectivity index (χ1n) is 7.44. The number of hydrogen-bond donors (Lipinski definition) is 0. The molecule has 0 bridgehead atoms. The molecule has 0 unspecified atom stereocenters. The topological polar surface area (TPSA) is 66.7 Å². The van der Waals surface area contributed by atoms with Crippen LogP contribution in [0.2, 0.25) is 4.34 Å². The normalized spacial score (nSPS) is 15.7. The lowest BCUT2D eigenvalue weighted by atomic mass is 10.2. The molecule has 24 heavy (non-hydrogen) atoms. The summed E-state index contributed by atoms with van der Waals surface area (Å²) in [5.74, 6) is -0.116. The molecule has 0 saturated carbocycles. The minimum atomic E-state index is -0.438. The number of halogens is 1. The lowest BCUT2D eigenvalue weighted by Crippen LogP contribution is -2.48. The summed E-state index contributed by atoms with van der Waals surface area (Å²) in [7, 11) is 0. The molecule has 0 spiro atoms. The first-order valence-corrected chi connectivity index (χ1v) is 9.46. The minimum absolute atomic E-state index is 0.0246. The molecule has 2 aromatic rings. The quantitative estimate of drug-likeness (QED) is 0.595. The van der Waals surface area contributed by atoms with E-state index in [2.05, 4.69) is 4.90 Å². The number of nitrogens with zero attached hydrogens (tertiary/aromatic N) is 3. The number of rotatable bonds is 4. The standard InChI is InChI=1S/C15H16ClN3O3S2/c1-10-12(19(21)22)8-13(23-10)15(20)18-6-4-17(5-7-18)9-11-2-3-14(16)24-11/h2-3,8H,4-7,9H2,1H3. The third kappa shape index (κ3) is 3.77. The van der Waals surface area contributed by atoms with Crippen LogP contribution in [0.5, 0.6) is 0 Å². The Kier molecular flexibility index (Phi) is 5.19. The van der Waals surface area contributed by atoms with Crippen LogP contribution in [0.1, 0.15) is 19.4 Å². The second kappa shape index (κ2) is 7.18. The Morgan fingerprint density at radius 1 is 1.29 bits per heavy atom. The third-order valence-electron chi connectivity index (χ3n) is 3.97. The maximum atomic E-state index is 12.5. The van der Waals surface area contributed by atoms with Crippen molar-refractivity contribution in [2.45, 2.75) is 13.5 Å². The van der Waals surface area contributed by atoms with E-state index in [0.29, 0.717) is 22.8 Å². The van der Waals surface area contributed by atoms with E-state index in [4.69, 9.17) is 11.6 Å². The van der Waals surface area contributed by atoms with E-state index in [-0.39, 0.29) is 11.6 Å². The Balaban J connectivity index is 1.59. The first kappa shape index (κ1) is 17.3. The number of carbonyl (C=O) groups is 1. The van der Waals surface area contributed by atoms with Gasteiger partial charge in [-0.25, -0.2) is 0 Å². The summed E-state index contributed by atoms with van der Waals surface area (Å²) in [6.45, 7) is 5.33. The fourth-order valence-corrected chi connectivity index (χ4v) is 4.77. The summed E-state index contributed by atoms with van der Waals surface area (Å²) in [4.78, 5) is 29.3. The van der Waals surface area contributed by atoms with Gasteiger partial charge in [-0.05, 0) is 19.1 Å². The average molecular weight is 386 g/mol. The predicted octanol–water partition coefficient (Wildman–Crippen LogP) is 3.64. The van der Waals surface area contributed by atoms with Gasteiger partial charge in [-0.1, -0.05) is 11.6 Å². The fourth-order valence-electron chi connectivity index (χ4n) is 2.68. The molecular formula is C15H16ClN3O3S2. The SMILES string of the molecule is Cc1sc(C(=O)N2CCN(Cc3ccc(Cl)s3)CC2)cc1[N+](=O)[O-]. The molecule has 0 aliphatic carbocycles. The minimum Gasteiger partial charge on any atom is -0.335 e. The average Bonchev–Trinajstić information content (AvgIpc) is 3.13. The molecule has 0 radical (unpaired) electrons. The second-order valence-corrected chi connectivity index (χ2v) is 8.64. The van der Waals surface area contributed by atoms with E-state index in [9.17, 15) is 14.9 Å². The van der Waals surface area contributed by atoms with Crippen LogP contribution in [0.3, 0.4) is 0 Å². The molecule has 0 aromatic carbocycles. The van der Waals surface area contributed by atoms with Gasteiger partial charge in [0, 0.05) is 43.7 Å². The van der Waals surface area contributed by atoms with Gasteiger partial charge in [0.15, 0.2) is 0 Å². The fraction of sp³-hybridized carbons (Fsp3) is 0.400. The van der Waals surface area contributed by atoms with Crippen molar-refractivity contribution in [3.05, 3.63) is 47.3 Å². The molecule has 0 N–H and O–H groups in total. The number of thiophene rings is 2. The molecule has 1 aliphatic heterocycles. The maximum absolute atomic E-state index is 12.5. The van der Waals surface area contributed by atoms with Gasteiger partial charge >= 0.3 is 0 Å². The van der Waals surface area contributed by atoms with Crippen LogP contribution in [0.15, 0.2) is 18.2 Å². The van der Waals surface area contributed by atoms with Gasteiger partial charge in [-0.3, -0.25) is 19.8 Å².